The molecule has 0 bridgehead atoms. The van der Waals surface area contributed by atoms with E-state index in [0.29, 0.717) is 26.1 Å². The summed E-state index contributed by atoms with van der Waals surface area (Å²) in [5.41, 5.74) is 3.93. The molecule has 0 aliphatic carbocycles. The zero-order chi connectivity index (χ0) is 21.6. The standard InChI is InChI=1S/C22H35N3O4/c1-5-6-17-7-9-18(10-8-17)24-11-12-25(16(4)14-24)22(28)19(13-15(2)3)20(26)21(27)23-29/h7-10,15-16,19-20,26,29H,5-6,11-14H2,1-4H3,(H,23,27)/t16-,19?,20?/m1/s1. The molecule has 7 heteroatoms. The number of aliphatic hydroxyl groups is 1. The molecular formula is C22H35N3O4. The number of hydroxylamine groups is 1. The van der Waals surface area contributed by atoms with Gasteiger partial charge in [-0.15, -0.1) is 0 Å². The van der Waals surface area contributed by atoms with Gasteiger partial charge >= 0.3 is 0 Å². The SMILES string of the molecule is CCCc1ccc(N2CCN(C(=O)C(CC(C)C)C(O)C(=O)NO)[C@H](C)C2)cc1. The fourth-order valence-electron chi connectivity index (χ4n) is 4.02. The maximum Gasteiger partial charge on any atom is 0.272 e. The zero-order valence-corrected chi connectivity index (χ0v) is 18.0. The Morgan fingerprint density at radius 2 is 1.86 bits per heavy atom. The number of anilines is 1. The predicted molar refractivity (Wildman–Crippen MR) is 113 cm³/mol. The molecule has 3 atom stereocenters. The van der Waals surface area contributed by atoms with Gasteiger partial charge in [-0.25, -0.2) is 5.48 Å². The van der Waals surface area contributed by atoms with Gasteiger partial charge in [-0.05, 0) is 43.4 Å². The number of carbonyl (C=O) groups is 2. The van der Waals surface area contributed by atoms with Crippen molar-refractivity contribution >= 4 is 17.5 Å². The predicted octanol–water partition coefficient (Wildman–Crippen LogP) is 2.20. The molecule has 2 unspecified atom stereocenters. The third-order valence-electron chi connectivity index (χ3n) is 5.55. The minimum absolute atomic E-state index is 0.0504. The molecule has 1 aromatic rings. The van der Waals surface area contributed by atoms with Crippen LogP contribution in [0.3, 0.4) is 0 Å². The summed E-state index contributed by atoms with van der Waals surface area (Å²) in [5, 5.41) is 19.1. The van der Waals surface area contributed by atoms with Crippen LogP contribution in [0.1, 0.15) is 46.1 Å². The molecule has 1 aliphatic rings. The van der Waals surface area contributed by atoms with E-state index < -0.39 is 17.9 Å². The number of amides is 2. The highest BCUT2D eigenvalue weighted by atomic mass is 16.5. The average Bonchev–Trinajstić information content (AvgIpc) is 2.71. The Hall–Kier alpha value is -2.12. The lowest BCUT2D eigenvalue weighted by atomic mass is 9.89. The summed E-state index contributed by atoms with van der Waals surface area (Å²) in [4.78, 5) is 28.9. The molecule has 29 heavy (non-hydrogen) atoms. The third-order valence-corrected chi connectivity index (χ3v) is 5.55. The number of aryl methyl sites for hydroxylation is 1. The number of aliphatic hydroxyl groups excluding tert-OH is 1. The lowest BCUT2D eigenvalue weighted by Gasteiger charge is -2.42. The maximum absolute atomic E-state index is 13.2. The molecule has 0 radical (unpaired) electrons. The molecule has 3 N–H and O–H groups in total. The Morgan fingerprint density at radius 1 is 1.21 bits per heavy atom. The summed E-state index contributed by atoms with van der Waals surface area (Å²) in [7, 11) is 0. The van der Waals surface area contributed by atoms with E-state index >= 15 is 0 Å². The van der Waals surface area contributed by atoms with E-state index in [1.54, 1.807) is 4.90 Å². The van der Waals surface area contributed by atoms with Gasteiger partial charge in [-0.1, -0.05) is 39.3 Å². The van der Waals surface area contributed by atoms with Crippen molar-refractivity contribution in [1.82, 2.24) is 10.4 Å². The normalized spacial score (nSPS) is 19.2. The van der Waals surface area contributed by atoms with Crippen LogP contribution in [0, 0.1) is 11.8 Å². The zero-order valence-electron chi connectivity index (χ0n) is 18.0. The van der Waals surface area contributed by atoms with E-state index in [1.165, 1.54) is 11.0 Å². The van der Waals surface area contributed by atoms with Crippen molar-refractivity contribution in [3.8, 4) is 0 Å². The number of rotatable bonds is 8. The van der Waals surface area contributed by atoms with Crippen LogP contribution in [0.25, 0.3) is 0 Å². The fraction of sp³-hybridized carbons (Fsp3) is 0.636. The minimum atomic E-state index is -1.56. The topological polar surface area (TPSA) is 93.1 Å². The minimum Gasteiger partial charge on any atom is -0.382 e. The average molecular weight is 406 g/mol. The lowest BCUT2D eigenvalue weighted by molar-refractivity contribution is -0.152. The third kappa shape index (κ3) is 5.93. The van der Waals surface area contributed by atoms with Crippen molar-refractivity contribution in [3.63, 3.8) is 0 Å². The molecule has 2 rings (SSSR count). The maximum atomic E-state index is 13.2. The van der Waals surface area contributed by atoms with Crippen molar-refractivity contribution in [2.45, 2.75) is 59.1 Å². The van der Waals surface area contributed by atoms with Gasteiger partial charge in [0.2, 0.25) is 5.91 Å². The number of hydrogen-bond donors (Lipinski definition) is 3. The summed E-state index contributed by atoms with van der Waals surface area (Å²) in [6.45, 7) is 9.94. The van der Waals surface area contributed by atoms with Crippen molar-refractivity contribution in [2.75, 3.05) is 24.5 Å². The van der Waals surface area contributed by atoms with Crippen LogP contribution in [0.15, 0.2) is 24.3 Å². The van der Waals surface area contributed by atoms with Crippen LogP contribution in [0.4, 0.5) is 5.69 Å². The Labute approximate surface area is 173 Å². The lowest BCUT2D eigenvalue weighted by Crippen LogP contribution is -2.57. The summed E-state index contributed by atoms with van der Waals surface area (Å²) < 4.78 is 0. The van der Waals surface area contributed by atoms with Crippen LogP contribution in [0.5, 0.6) is 0 Å². The number of hydrogen-bond acceptors (Lipinski definition) is 5. The second kappa shape index (κ2) is 10.6. The van der Waals surface area contributed by atoms with E-state index in [9.17, 15) is 14.7 Å². The van der Waals surface area contributed by atoms with Gasteiger partial charge in [0.1, 0.15) is 6.10 Å². The molecule has 1 fully saturated rings. The molecule has 1 aromatic carbocycles. The molecule has 1 saturated heterocycles. The smallest absolute Gasteiger partial charge is 0.272 e. The van der Waals surface area contributed by atoms with Gasteiger partial charge in [0.25, 0.3) is 5.91 Å². The van der Waals surface area contributed by atoms with E-state index in [2.05, 4.69) is 36.1 Å². The van der Waals surface area contributed by atoms with Gasteiger partial charge in [0, 0.05) is 31.4 Å². The van der Waals surface area contributed by atoms with E-state index in [0.717, 1.165) is 18.5 Å². The Bertz CT molecular complexity index is 677. The van der Waals surface area contributed by atoms with Gasteiger partial charge in [-0.3, -0.25) is 14.8 Å². The molecule has 0 aromatic heterocycles. The second-order valence-corrected chi connectivity index (χ2v) is 8.40. The van der Waals surface area contributed by atoms with E-state index in [-0.39, 0.29) is 17.9 Å². The van der Waals surface area contributed by atoms with Gasteiger partial charge in [0.15, 0.2) is 0 Å². The van der Waals surface area contributed by atoms with E-state index in [1.807, 2.05) is 20.8 Å². The molecule has 7 nitrogen and oxygen atoms in total. The number of nitrogens with zero attached hydrogens (tertiary/aromatic N) is 2. The molecule has 1 aliphatic heterocycles. The van der Waals surface area contributed by atoms with Crippen LogP contribution >= 0.6 is 0 Å². The highest BCUT2D eigenvalue weighted by Gasteiger charge is 2.38. The molecule has 0 spiro atoms. The number of nitrogens with one attached hydrogen (secondary N) is 1. The second-order valence-electron chi connectivity index (χ2n) is 8.40. The first kappa shape index (κ1) is 23.2. The fourth-order valence-corrected chi connectivity index (χ4v) is 4.02. The summed E-state index contributed by atoms with van der Waals surface area (Å²) in [6, 6.07) is 8.52. The van der Waals surface area contributed by atoms with Crippen molar-refractivity contribution in [3.05, 3.63) is 29.8 Å². The summed E-state index contributed by atoms with van der Waals surface area (Å²) in [6.07, 6.45) is 1.000. The van der Waals surface area contributed by atoms with Crippen LogP contribution in [-0.4, -0.2) is 58.8 Å². The number of benzene rings is 1. The Morgan fingerprint density at radius 3 is 2.38 bits per heavy atom. The molecule has 2 amide bonds. The molecule has 162 valence electrons. The molecular weight excluding hydrogens is 370 g/mol. The van der Waals surface area contributed by atoms with Gasteiger partial charge in [0.05, 0.1) is 5.92 Å². The summed E-state index contributed by atoms with van der Waals surface area (Å²) in [5.74, 6) is -1.92. The monoisotopic (exact) mass is 405 g/mol. The quantitative estimate of drug-likeness (QED) is 0.455. The van der Waals surface area contributed by atoms with Crippen molar-refractivity contribution < 1.29 is 19.9 Å². The first-order valence-corrected chi connectivity index (χ1v) is 10.5. The number of piperazine rings is 1. The van der Waals surface area contributed by atoms with Crippen molar-refractivity contribution in [2.24, 2.45) is 11.8 Å². The van der Waals surface area contributed by atoms with Crippen LogP contribution in [0.2, 0.25) is 0 Å². The van der Waals surface area contributed by atoms with Crippen LogP contribution < -0.4 is 10.4 Å². The highest BCUT2D eigenvalue weighted by molar-refractivity contribution is 5.89. The Kier molecular flexibility index (Phi) is 8.46. The van der Waals surface area contributed by atoms with Crippen molar-refractivity contribution in [1.29, 1.82) is 0 Å². The summed E-state index contributed by atoms with van der Waals surface area (Å²) >= 11 is 0. The largest absolute Gasteiger partial charge is 0.382 e. The molecule has 0 saturated carbocycles. The van der Waals surface area contributed by atoms with Gasteiger partial charge in [-0.2, -0.15) is 0 Å². The number of carbonyl (C=O) groups excluding carboxylic acids is 2. The van der Waals surface area contributed by atoms with Gasteiger partial charge < -0.3 is 14.9 Å². The Balaban J connectivity index is 2.07. The van der Waals surface area contributed by atoms with Crippen LogP contribution in [-0.2, 0) is 16.0 Å². The molecule has 1 heterocycles. The first-order chi connectivity index (χ1) is 13.8. The highest BCUT2D eigenvalue weighted by Crippen LogP contribution is 2.25. The van der Waals surface area contributed by atoms with E-state index in [4.69, 9.17) is 5.21 Å². The first-order valence-electron chi connectivity index (χ1n) is 10.5.